The minimum atomic E-state index is -1.68. The second kappa shape index (κ2) is 27.7. The van der Waals surface area contributed by atoms with E-state index in [2.05, 4.69) is 57.8 Å². The lowest BCUT2D eigenvalue weighted by atomic mass is 9.97. The maximum atomic E-state index is 13.3. The van der Waals surface area contributed by atoms with E-state index in [1.807, 2.05) is 0 Å². The third-order valence-electron chi connectivity index (χ3n) is 9.38. The lowest BCUT2D eigenvalue weighted by molar-refractivity contribution is -0.142. The Bertz CT molecular complexity index is 1950. The van der Waals surface area contributed by atoms with Gasteiger partial charge >= 0.3 is 5.97 Å². The number of rotatable bonds is 28. The predicted octanol–water partition coefficient (Wildman–Crippen LogP) is -7.78. The van der Waals surface area contributed by atoms with E-state index >= 15 is 0 Å². The number of benzene rings is 1. The molecule has 1 aromatic carbocycles. The summed E-state index contributed by atoms with van der Waals surface area (Å²) in [7, 11) is 0. The Hall–Kier alpha value is -7.23. The van der Waals surface area contributed by atoms with Crippen molar-refractivity contribution >= 4 is 59.1 Å². The Morgan fingerprint density at radius 1 is 0.615 bits per heavy atom. The van der Waals surface area contributed by atoms with Crippen LogP contribution in [0.1, 0.15) is 31.5 Å². The number of aromatic amines is 1. The first kappa shape index (κ1) is 53.9. The summed E-state index contributed by atoms with van der Waals surface area (Å²) in [6, 6.07) is -3.56. The van der Waals surface area contributed by atoms with Gasteiger partial charge in [-0.25, -0.2) is 9.78 Å². The zero-order chi connectivity index (χ0) is 48.6. The third kappa shape index (κ3) is 19.0. The molecule has 65 heavy (non-hydrogen) atoms. The summed E-state index contributed by atoms with van der Waals surface area (Å²) in [5.74, 6) is -10.5. The van der Waals surface area contributed by atoms with Gasteiger partial charge in [-0.3, -0.25) is 43.2 Å². The van der Waals surface area contributed by atoms with Crippen LogP contribution in [0.4, 0.5) is 0 Å². The fourth-order valence-electron chi connectivity index (χ4n) is 5.51. The lowest BCUT2D eigenvalue weighted by Crippen LogP contribution is -2.60. The third-order valence-corrected chi connectivity index (χ3v) is 9.38. The fraction of sp³-hybridized carbons (Fsp3) is 0.500. The van der Waals surface area contributed by atoms with Gasteiger partial charge < -0.3 is 84.1 Å². The van der Waals surface area contributed by atoms with Gasteiger partial charge in [0, 0.05) is 24.7 Å². The average Bonchev–Trinajstić information content (AvgIpc) is 3.81. The molecule has 0 bridgehead atoms. The molecule has 27 nitrogen and oxygen atoms in total. The van der Waals surface area contributed by atoms with Crippen LogP contribution in [0, 0.1) is 5.92 Å². The van der Waals surface area contributed by atoms with Crippen molar-refractivity contribution in [2.45, 2.75) is 69.4 Å². The smallest absolute Gasteiger partial charge is 0.326 e. The number of nitrogens with two attached hydrogens (primary N) is 1. The SMILES string of the molecule is CC[C@H](C)[C@H](NC(=O)[C@H](CO)NC(=O)CNC(=O)CN)C(=O)N[C@@H](CO)C(=O)NCC(=O)NCC(=O)N[C@@H](CO)C(=O)N[C@@H](Cc1cnc[nH]1)C(=O)N[C@@H](Cc1ccc(O)cc1)C(=O)O. The number of aromatic nitrogens is 2. The Morgan fingerprint density at radius 3 is 1.62 bits per heavy atom. The minimum Gasteiger partial charge on any atom is -0.508 e. The van der Waals surface area contributed by atoms with Gasteiger partial charge in [-0.15, -0.1) is 0 Å². The van der Waals surface area contributed by atoms with Crippen molar-refractivity contribution in [1.29, 1.82) is 0 Å². The van der Waals surface area contributed by atoms with Crippen molar-refractivity contribution in [2.24, 2.45) is 11.7 Å². The number of H-pyrrole nitrogens is 1. The van der Waals surface area contributed by atoms with Gasteiger partial charge in [-0.05, 0) is 23.6 Å². The second-order valence-electron chi connectivity index (χ2n) is 14.3. The van der Waals surface area contributed by atoms with Crippen LogP contribution in [-0.2, 0) is 60.8 Å². The fourth-order valence-corrected chi connectivity index (χ4v) is 5.51. The molecule has 17 N–H and O–H groups in total. The van der Waals surface area contributed by atoms with Crippen LogP contribution in [-0.4, -0.2) is 177 Å². The van der Waals surface area contributed by atoms with E-state index in [1.165, 1.54) is 36.8 Å². The van der Waals surface area contributed by atoms with Crippen molar-refractivity contribution in [3.05, 3.63) is 48.0 Å². The molecule has 0 aliphatic heterocycles. The van der Waals surface area contributed by atoms with Crippen LogP contribution < -0.4 is 53.6 Å². The maximum Gasteiger partial charge on any atom is 0.326 e. The number of aromatic hydroxyl groups is 1. The molecule has 2 aromatic rings. The number of nitrogens with zero attached hydrogens (tertiary/aromatic N) is 1. The largest absolute Gasteiger partial charge is 0.508 e. The number of nitrogens with one attached hydrogen (secondary N) is 10. The van der Waals surface area contributed by atoms with E-state index < -0.39 is 147 Å². The maximum absolute atomic E-state index is 13.3. The molecule has 9 amide bonds. The van der Waals surface area contributed by atoms with E-state index in [1.54, 1.807) is 13.8 Å². The van der Waals surface area contributed by atoms with E-state index in [9.17, 15) is 73.5 Å². The van der Waals surface area contributed by atoms with Gasteiger partial charge in [0.15, 0.2) is 0 Å². The van der Waals surface area contributed by atoms with Crippen LogP contribution in [0.25, 0.3) is 0 Å². The van der Waals surface area contributed by atoms with Crippen molar-refractivity contribution in [2.75, 3.05) is 46.0 Å². The Morgan fingerprint density at radius 2 is 1.11 bits per heavy atom. The zero-order valence-corrected chi connectivity index (χ0v) is 35.4. The van der Waals surface area contributed by atoms with Gasteiger partial charge in [-0.2, -0.15) is 0 Å². The first-order valence-electron chi connectivity index (χ1n) is 20.0. The Labute approximate surface area is 370 Å². The molecule has 1 heterocycles. The number of amides is 9. The number of carbonyl (C=O) groups excluding carboxylic acids is 9. The normalized spacial score (nSPS) is 14.0. The number of aliphatic hydroxyl groups is 3. The molecule has 0 saturated heterocycles. The summed E-state index contributed by atoms with van der Waals surface area (Å²) in [6.45, 7) is -2.12. The highest BCUT2D eigenvalue weighted by atomic mass is 16.4. The highest BCUT2D eigenvalue weighted by molar-refractivity contribution is 5.97. The molecule has 0 radical (unpaired) electrons. The topological polar surface area (TPSA) is 435 Å². The number of aliphatic carboxylic acids is 1. The zero-order valence-electron chi connectivity index (χ0n) is 35.4. The summed E-state index contributed by atoms with van der Waals surface area (Å²) in [5, 5.41) is 68.9. The number of hydrogen-bond acceptors (Lipinski definition) is 16. The minimum absolute atomic E-state index is 0.0585. The molecule has 1 aromatic heterocycles. The van der Waals surface area contributed by atoms with Crippen LogP contribution >= 0.6 is 0 Å². The summed E-state index contributed by atoms with van der Waals surface area (Å²) >= 11 is 0. The number of imidazole rings is 1. The van der Waals surface area contributed by atoms with E-state index in [0.29, 0.717) is 17.7 Å². The average molecular weight is 921 g/mol. The second-order valence-corrected chi connectivity index (χ2v) is 14.3. The lowest BCUT2D eigenvalue weighted by Gasteiger charge is -2.27. The van der Waals surface area contributed by atoms with Crippen molar-refractivity contribution < 1.29 is 73.5 Å². The van der Waals surface area contributed by atoms with Crippen LogP contribution in [0.15, 0.2) is 36.8 Å². The molecule has 0 spiro atoms. The summed E-state index contributed by atoms with van der Waals surface area (Å²) < 4.78 is 0. The molecular weight excluding hydrogens is 864 g/mol. The number of phenolic OH excluding ortho intramolecular Hbond substituents is 1. The first-order chi connectivity index (χ1) is 30.8. The van der Waals surface area contributed by atoms with E-state index in [4.69, 9.17) is 5.73 Å². The van der Waals surface area contributed by atoms with Crippen molar-refractivity contribution in [3.63, 3.8) is 0 Å². The van der Waals surface area contributed by atoms with Crippen LogP contribution in [0.5, 0.6) is 5.75 Å². The van der Waals surface area contributed by atoms with Crippen LogP contribution in [0.2, 0.25) is 0 Å². The molecule has 27 heteroatoms. The highest BCUT2D eigenvalue weighted by Gasteiger charge is 2.33. The molecule has 0 aliphatic rings. The summed E-state index contributed by atoms with van der Waals surface area (Å²) in [4.78, 5) is 133. The van der Waals surface area contributed by atoms with Crippen molar-refractivity contribution in [1.82, 2.24) is 57.8 Å². The van der Waals surface area contributed by atoms with E-state index in [0.717, 1.165) is 0 Å². The molecule has 0 aliphatic carbocycles. The molecule has 0 unspecified atom stereocenters. The quantitative estimate of drug-likeness (QED) is 0.0377. The molecule has 0 fully saturated rings. The Kier molecular flexibility index (Phi) is 23.0. The number of hydrogen-bond donors (Lipinski definition) is 16. The molecule has 358 valence electrons. The van der Waals surface area contributed by atoms with Gasteiger partial charge in [-0.1, -0.05) is 32.4 Å². The molecule has 7 atom stereocenters. The first-order valence-corrected chi connectivity index (χ1v) is 20.0. The number of phenols is 1. The van der Waals surface area contributed by atoms with Gasteiger partial charge in [0.1, 0.15) is 42.0 Å². The van der Waals surface area contributed by atoms with Gasteiger partial charge in [0.2, 0.25) is 53.2 Å². The number of aliphatic hydroxyl groups excluding tert-OH is 3. The van der Waals surface area contributed by atoms with E-state index in [-0.39, 0.29) is 18.6 Å². The Balaban J connectivity index is 1.96. The number of carboxylic acid groups (broad SMARTS) is 1. The molecule has 2 rings (SSSR count). The molecule has 0 saturated carbocycles. The highest BCUT2D eigenvalue weighted by Crippen LogP contribution is 2.12. The van der Waals surface area contributed by atoms with Crippen LogP contribution in [0.3, 0.4) is 0 Å². The van der Waals surface area contributed by atoms with Crippen molar-refractivity contribution in [3.8, 4) is 5.75 Å². The van der Waals surface area contributed by atoms with Gasteiger partial charge in [0.05, 0.1) is 52.3 Å². The number of carbonyl (C=O) groups is 10. The summed E-state index contributed by atoms with van der Waals surface area (Å²) in [6.07, 6.45) is 2.55. The molecular formula is C38H56N12O15. The predicted molar refractivity (Wildman–Crippen MR) is 222 cm³/mol. The summed E-state index contributed by atoms with van der Waals surface area (Å²) in [5.41, 5.74) is 5.98. The number of carboxylic acids is 1. The standard InChI is InChI=1S/C38H56N12O15/c1-3-19(2)32(50-36(62)27(17-53)46-30(57)13-41-28(55)10-39)37(63)49-25(15-51)33(59)43-12-29(56)42-14-31(58)45-26(16-52)35(61)47-23(9-21-11-40-18-44-21)34(60)48-24(38(64)65)8-20-4-6-22(54)7-5-20/h4-7,11,18-19,23-27,32,51-54H,3,8-10,12-17,39H2,1-2H3,(H,40,44)(H,41,55)(H,42,56)(H,43,59)(H,45,58)(H,46,57)(H,47,61)(H,48,60)(H,49,63)(H,50,62)(H,64,65)/t19-,23-,24-,25-,26-,27-,32-/m0/s1. The monoisotopic (exact) mass is 920 g/mol. The van der Waals surface area contributed by atoms with Gasteiger partial charge in [0.25, 0.3) is 0 Å².